The number of ether oxygens (including phenoxy) is 1. The van der Waals surface area contributed by atoms with Gasteiger partial charge in [-0.1, -0.05) is 13.8 Å². The van der Waals surface area contributed by atoms with Gasteiger partial charge in [-0.3, -0.25) is 0 Å². The molecule has 0 aromatic carbocycles. The second-order valence-electron chi connectivity index (χ2n) is 5.93. The number of hydrogen-bond acceptors (Lipinski definition) is 4. The fourth-order valence-electron chi connectivity index (χ4n) is 1.60. The van der Waals surface area contributed by atoms with Gasteiger partial charge in [-0.05, 0) is 33.6 Å². The third-order valence-corrected chi connectivity index (χ3v) is 2.42. The second kappa shape index (κ2) is 5.69. The highest BCUT2D eigenvalue weighted by Crippen LogP contribution is 2.17. The van der Waals surface area contributed by atoms with E-state index in [1.165, 1.54) is 0 Å². The molecule has 102 valence electrons. The van der Waals surface area contributed by atoms with Crippen molar-refractivity contribution in [3.8, 4) is 0 Å². The third-order valence-electron chi connectivity index (χ3n) is 2.42. The van der Waals surface area contributed by atoms with Gasteiger partial charge in [0.25, 0.3) is 0 Å². The Bertz CT molecular complexity index is 257. The molecular formula is C12H26N2O3. The first-order valence-corrected chi connectivity index (χ1v) is 5.91. The van der Waals surface area contributed by atoms with Crippen molar-refractivity contribution >= 4 is 6.09 Å². The molecule has 0 rings (SSSR count). The van der Waals surface area contributed by atoms with Crippen molar-refractivity contribution in [3.63, 3.8) is 0 Å². The van der Waals surface area contributed by atoms with E-state index in [9.17, 15) is 9.90 Å². The maximum atomic E-state index is 11.7. The van der Waals surface area contributed by atoms with Gasteiger partial charge in [-0.15, -0.1) is 0 Å². The summed E-state index contributed by atoms with van der Waals surface area (Å²) in [5.74, 6) is 0.0565. The minimum atomic E-state index is -1.15. The van der Waals surface area contributed by atoms with E-state index in [0.29, 0.717) is 0 Å². The lowest BCUT2D eigenvalue weighted by Gasteiger charge is -2.35. The predicted molar refractivity (Wildman–Crippen MR) is 67.7 cm³/mol. The van der Waals surface area contributed by atoms with E-state index in [-0.39, 0.29) is 12.5 Å². The molecule has 0 aliphatic rings. The molecule has 0 radical (unpaired) electrons. The summed E-state index contributed by atoms with van der Waals surface area (Å²) in [7, 11) is 0. The van der Waals surface area contributed by atoms with E-state index in [4.69, 9.17) is 10.5 Å². The van der Waals surface area contributed by atoms with Gasteiger partial charge in [0.2, 0.25) is 0 Å². The van der Waals surface area contributed by atoms with Gasteiger partial charge in [0.15, 0.2) is 0 Å². The van der Waals surface area contributed by atoms with Crippen LogP contribution >= 0.6 is 0 Å². The zero-order valence-corrected chi connectivity index (χ0v) is 11.7. The summed E-state index contributed by atoms with van der Waals surface area (Å²) in [5, 5.41) is 12.8. The molecule has 2 atom stereocenters. The molecule has 0 saturated heterocycles. The van der Waals surface area contributed by atoms with E-state index >= 15 is 0 Å². The van der Waals surface area contributed by atoms with Crippen LogP contribution in [0.3, 0.4) is 0 Å². The van der Waals surface area contributed by atoms with Crippen LogP contribution in [0.4, 0.5) is 4.79 Å². The minimum Gasteiger partial charge on any atom is -0.444 e. The molecule has 2 unspecified atom stereocenters. The average Bonchev–Trinajstić information content (AvgIpc) is 2.10. The molecule has 0 spiro atoms. The van der Waals surface area contributed by atoms with Crippen molar-refractivity contribution in [2.45, 2.75) is 58.8 Å². The summed E-state index contributed by atoms with van der Waals surface area (Å²) in [5.41, 5.74) is 3.80. The van der Waals surface area contributed by atoms with Crippen LogP contribution in [0.2, 0.25) is 0 Å². The number of nitrogens with two attached hydrogens (primary N) is 1. The number of carbonyl (C=O) groups excluding carboxylic acids is 1. The first-order valence-electron chi connectivity index (χ1n) is 5.91. The van der Waals surface area contributed by atoms with Gasteiger partial charge in [-0.25, -0.2) is 4.79 Å². The summed E-state index contributed by atoms with van der Waals surface area (Å²) in [6.45, 7) is 10.9. The van der Waals surface area contributed by atoms with Crippen LogP contribution in [0.1, 0.15) is 41.5 Å². The minimum absolute atomic E-state index is 0.0565. The number of aliphatic hydroxyl groups is 1. The number of carbonyl (C=O) groups is 1. The molecule has 0 aromatic rings. The smallest absolute Gasteiger partial charge is 0.407 e. The molecule has 0 aliphatic carbocycles. The van der Waals surface area contributed by atoms with Gasteiger partial charge < -0.3 is 20.9 Å². The lowest BCUT2D eigenvalue weighted by molar-refractivity contribution is -0.00137. The van der Waals surface area contributed by atoms with Gasteiger partial charge in [0.1, 0.15) is 5.60 Å². The largest absolute Gasteiger partial charge is 0.444 e. The van der Waals surface area contributed by atoms with Gasteiger partial charge >= 0.3 is 6.09 Å². The molecule has 5 nitrogen and oxygen atoms in total. The van der Waals surface area contributed by atoms with Crippen LogP contribution in [0.25, 0.3) is 0 Å². The van der Waals surface area contributed by atoms with E-state index in [2.05, 4.69) is 5.32 Å². The van der Waals surface area contributed by atoms with Crippen LogP contribution in [-0.4, -0.2) is 35.0 Å². The standard InChI is InChI=1S/C12H26N2O3/c1-8(2)9(12(6,16)7-13)14-10(15)17-11(3,4)5/h8-9,16H,7,13H2,1-6H3,(H,14,15). The van der Waals surface area contributed by atoms with Crippen molar-refractivity contribution in [2.24, 2.45) is 11.7 Å². The van der Waals surface area contributed by atoms with Gasteiger partial charge in [0, 0.05) is 6.54 Å². The average molecular weight is 246 g/mol. The first-order chi connectivity index (χ1) is 7.49. The molecule has 0 bridgehead atoms. The topological polar surface area (TPSA) is 84.6 Å². The summed E-state index contributed by atoms with van der Waals surface area (Å²) >= 11 is 0. The molecular weight excluding hydrogens is 220 g/mol. The third kappa shape index (κ3) is 5.89. The lowest BCUT2D eigenvalue weighted by Crippen LogP contribution is -2.58. The summed E-state index contributed by atoms with van der Waals surface area (Å²) in [4.78, 5) is 11.7. The number of alkyl carbamates (subject to hydrolysis) is 1. The highest BCUT2D eigenvalue weighted by Gasteiger charge is 2.35. The Labute approximate surface area is 104 Å². The van der Waals surface area contributed by atoms with Gasteiger partial charge in [-0.2, -0.15) is 0 Å². The monoisotopic (exact) mass is 246 g/mol. The van der Waals surface area contributed by atoms with E-state index in [1.54, 1.807) is 27.7 Å². The Balaban J connectivity index is 4.63. The molecule has 0 saturated carbocycles. The van der Waals surface area contributed by atoms with Crippen molar-refractivity contribution in [2.75, 3.05) is 6.54 Å². The molecule has 1 amide bonds. The molecule has 0 aliphatic heterocycles. The highest BCUT2D eigenvalue weighted by atomic mass is 16.6. The Morgan fingerprint density at radius 2 is 1.82 bits per heavy atom. The Kier molecular flexibility index (Phi) is 5.42. The maximum Gasteiger partial charge on any atom is 0.407 e. The van der Waals surface area contributed by atoms with Crippen LogP contribution in [0, 0.1) is 5.92 Å². The molecule has 17 heavy (non-hydrogen) atoms. The lowest BCUT2D eigenvalue weighted by atomic mass is 9.88. The van der Waals surface area contributed by atoms with Crippen LogP contribution in [-0.2, 0) is 4.74 Å². The number of amides is 1. The molecule has 4 N–H and O–H groups in total. The van der Waals surface area contributed by atoms with Crippen molar-refractivity contribution in [3.05, 3.63) is 0 Å². The molecule has 0 fully saturated rings. The predicted octanol–water partition coefficient (Wildman–Crippen LogP) is 1.25. The molecule has 0 aromatic heterocycles. The molecule has 0 heterocycles. The second-order valence-corrected chi connectivity index (χ2v) is 5.93. The fourth-order valence-corrected chi connectivity index (χ4v) is 1.60. The van der Waals surface area contributed by atoms with Crippen molar-refractivity contribution in [1.82, 2.24) is 5.32 Å². The summed E-state index contributed by atoms with van der Waals surface area (Å²) in [6, 6.07) is -0.442. The Morgan fingerprint density at radius 3 is 2.12 bits per heavy atom. The SMILES string of the molecule is CC(C)C(NC(=O)OC(C)(C)C)C(C)(O)CN. The zero-order chi connectivity index (χ0) is 13.9. The zero-order valence-electron chi connectivity index (χ0n) is 11.7. The normalized spacial score (nSPS) is 17.5. The van der Waals surface area contributed by atoms with E-state index in [1.807, 2.05) is 13.8 Å². The van der Waals surface area contributed by atoms with Crippen LogP contribution in [0.15, 0.2) is 0 Å². The summed E-state index contributed by atoms with van der Waals surface area (Å²) < 4.78 is 5.16. The van der Waals surface area contributed by atoms with Crippen molar-refractivity contribution in [1.29, 1.82) is 0 Å². The van der Waals surface area contributed by atoms with Crippen LogP contribution < -0.4 is 11.1 Å². The number of rotatable bonds is 4. The highest BCUT2D eigenvalue weighted by molar-refractivity contribution is 5.68. The number of nitrogens with one attached hydrogen (secondary N) is 1. The fraction of sp³-hybridized carbons (Fsp3) is 0.917. The number of hydrogen-bond donors (Lipinski definition) is 3. The van der Waals surface area contributed by atoms with E-state index < -0.39 is 23.3 Å². The van der Waals surface area contributed by atoms with Gasteiger partial charge in [0.05, 0.1) is 11.6 Å². The van der Waals surface area contributed by atoms with Crippen LogP contribution in [0.5, 0.6) is 0 Å². The quantitative estimate of drug-likeness (QED) is 0.697. The first kappa shape index (κ1) is 16.2. The molecule has 5 heteroatoms. The van der Waals surface area contributed by atoms with Crippen molar-refractivity contribution < 1.29 is 14.6 Å². The maximum absolute atomic E-state index is 11.7. The Hall–Kier alpha value is -0.810. The van der Waals surface area contributed by atoms with E-state index in [0.717, 1.165) is 0 Å². The summed E-state index contributed by atoms with van der Waals surface area (Å²) in [6.07, 6.45) is -0.537. The Morgan fingerprint density at radius 1 is 1.35 bits per heavy atom.